The number of halogens is 3. The van der Waals surface area contributed by atoms with Crippen molar-refractivity contribution in [3.63, 3.8) is 0 Å². The Labute approximate surface area is 201 Å². The van der Waals surface area contributed by atoms with Crippen molar-refractivity contribution >= 4 is 17.8 Å². The average Bonchev–Trinajstić information content (AvgIpc) is 3.42. The highest BCUT2D eigenvalue weighted by atomic mass is 19.4. The molecule has 1 aromatic rings. The summed E-state index contributed by atoms with van der Waals surface area (Å²) >= 11 is 0. The fraction of sp³-hybridized carbons (Fsp3) is 0.640. The standard InChI is InChI=1S/C25H29F3N2O5/c26-25(27,28)16-34-20(31)14-17-8-11-23(15-35-24(30(17)23)9-4-1-5-10-24)12-13-29-21(32)18-6-2-3-7-19(18)22(29)33/h2-3,6-7,17H,1,4-5,8-16H2/t17-,23+/m1/s1. The fourth-order valence-corrected chi connectivity index (χ4v) is 6.49. The van der Waals surface area contributed by atoms with Gasteiger partial charge in [0.25, 0.3) is 11.8 Å². The van der Waals surface area contributed by atoms with E-state index in [1.807, 2.05) is 0 Å². The van der Waals surface area contributed by atoms with Crippen molar-refractivity contribution in [1.29, 1.82) is 0 Å². The molecule has 3 fully saturated rings. The molecule has 0 unspecified atom stereocenters. The third kappa shape index (κ3) is 4.35. The largest absolute Gasteiger partial charge is 0.456 e. The number of fused-ring (bicyclic) bond motifs is 3. The van der Waals surface area contributed by atoms with Crippen LogP contribution in [0.25, 0.3) is 0 Å². The zero-order valence-corrected chi connectivity index (χ0v) is 19.4. The first-order valence-electron chi connectivity index (χ1n) is 12.3. The number of benzene rings is 1. The maximum atomic E-state index is 12.9. The SMILES string of the molecule is O=C(C[C@H]1CC[C@]2(CCN3C(=O)c4ccccc4C3=O)COC3(CCCCC3)N12)OCC(F)(F)F. The molecule has 190 valence electrons. The number of nitrogens with zero attached hydrogens (tertiary/aromatic N) is 2. The van der Waals surface area contributed by atoms with E-state index in [9.17, 15) is 27.6 Å². The van der Waals surface area contributed by atoms with Crippen LogP contribution in [0, 0.1) is 0 Å². The van der Waals surface area contributed by atoms with Crippen LogP contribution in [0.15, 0.2) is 24.3 Å². The zero-order valence-electron chi connectivity index (χ0n) is 19.4. The smallest absolute Gasteiger partial charge is 0.422 e. The lowest BCUT2D eigenvalue weighted by Crippen LogP contribution is -2.57. The predicted octanol–water partition coefficient (Wildman–Crippen LogP) is 4.06. The molecule has 1 aromatic carbocycles. The van der Waals surface area contributed by atoms with Gasteiger partial charge in [-0.15, -0.1) is 0 Å². The van der Waals surface area contributed by atoms with Crippen LogP contribution in [-0.2, 0) is 14.3 Å². The molecular formula is C25H29F3N2O5. The number of esters is 1. The highest BCUT2D eigenvalue weighted by molar-refractivity contribution is 6.21. The van der Waals surface area contributed by atoms with Gasteiger partial charge in [-0.1, -0.05) is 18.6 Å². The first-order valence-corrected chi connectivity index (χ1v) is 12.3. The monoisotopic (exact) mass is 494 g/mol. The summed E-state index contributed by atoms with van der Waals surface area (Å²) < 4.78 is 48.5. The minimum absolute atomic E-state index is 0.143. The number of imide groups is 1. The zero-order chi connectivity index (χ0) is 24.8. The van der Waals surface area contributed by atoms with Crippen LogP contribution in [0.5, 0.6) is 0 Å². The van der Waals surface area contributed by atoms with E-state index >= 15 is 0 Å². The number of amides is 2. The van der Waals surface area contributed by atoms with E-state index in [0.717, 1.165) is 32.1 Å². The maximum Gasteiger partial charge on any atom is 0.422 e. The predicted molar refractivity (Wildman–Crippen MR) is 117 cm³/mol. The van der Waals surface area contributed by atoms with Gasteiger partial charge in [0.15, 0.2) is 6.61 Å². The number of hydrogen-bond donors (Lipinski definition) is 0. The second kappa shape index (κ2) is 8.89. The molecule has 0 bridgehead atoms. The van der Waals surface area contributed by atoms with Crippen LogP contribution in [0.3, 0.4) is 0 Å². The maximum absolute atomic E-state index is 12.9. The Balaban J connectivity index is 1.33. The topological polar surface area (TPSA) is 76.2 Å². The average molecular weight is 495 g/mol. The van der Waals surface area contributed by atoms with E-state index in [0.29, 0.717) is 37.0 Å². The number of carbonyl (C=O) groups is 3. The van der Waals surface area contributed by atoms with Gasteiger partial charge in [-0.3, -0.25) is 24.2 Å². The lowest BCUT2D eigenvalue weighted by molar-refractivity contribution is -0.188. The lowest BCUT2D eigenvalue weighted by atomic mass is 9.87. The van der Waals surface area contributed by atoms with Crippen LogP contribution in [-0.4, -0.2) is 70.8 Å². The molecule has 2 atom stereocenters. The van der Waals surface area contributed by atoms with Crippen LogP contribution in [0.4, 0.5) is 13.2 Å². The summed E-state index contributed by atoms with van der Waals surface area (Å²) in [5.41, 5.74) is -0.252. The van der Waals surface area contributed by atoms with Gasteiger partial charge in [-0.05, 0) is 57.1 Å². The molecule has 2 saturated heterocycles. The minimum atomic E-state index is -4.57. The normalized spacial score (nSPS) is 28.0. The Morgan fingerprint density at radius 2 is 1.71 bits per heavy atom. The van der Waals surface area contributed by atoms with Crippen molar-refractivity contribution in [2.45, 2.75) is 81.3 Å². The van der Waals surface area contributed by atoms with Crippen molar-refractivity contribution in [3.8, 4) is 0 Å². The van der Waals surface area contributed by atoms with Gasteiger partial charge in [0.05, 0.1) is 24.2 Å². The third-order valence-corrected chi connectivity index (χ3v) is 7.98. The van der Waals surface area contributed by atoms with Crippen LogP contribution >= 0.6 is 0 Å². The van der Waals surface area contributed by atoms with Crippen molar-refractivity contribution in [2.75, 3.05) is 19.8 Å². The molecule has 4 aliphatic rings. The van der Waals surface area contributed by atoms with Gasteiger partial charge in [-0.2, -0.15) is 13.2 Å². The van der Waals surface area contributed by atoms with Gasteiger partial charge >= 0.3 is 12.1 Å². The highest BCUT2D eigenvalue weighted by Gasteiger charge is 2.61. The van der Waals surface area contributed by atoms with Crippen LogP contribution < -0.4 is 0 Å². The first-order chi connectivity index (χ1) is 16.6. The van der Waals surface area contributed by atoms with E-state index in [4.69, 9.17) is 4.74 Å². The molecule has 0 aromatic heterocycles. The first kappa shape index (κ1) is 24.2. The Kier molecular flexibility index (Phi) is 6.15. The molecule has 0 N–H and O–H groups in total. The van der Waals surface area contributed by atoms with Crippen molar-refractivity contribution < 1.29 is 37.0 Å². The fourth-order valence-electron chi connectivity index (χ4n) is 6.49. The van der Waals surface area contributed by atoms with Gasteiger partial charge in [0, 0.05) is 18.1 Å². The van der Waals surface area contributed by atoms with Crippen molar-refractivity contribution in [2.24, 2.45) is 0 Å². The number of alkyl halides is 3. The minimum Gasteiger partial charge on any atom is -0.456 e. The molecule has 1 saturated carbocycles. The van der Waals surface area contributed by atoms with Crippen molar-refractivity contribution in [1.82, 2.24) is 9.80 Å². The van der Waals surface area contributed by atoms with Gasteiger partial charge < -0.3 is 9.47 Å². The summed E-state index contributed by atoms with van der Waals surface area (Å²) in [5, 5.41) is 0. The summed E-state index contributed by atoms with van der Waals surface area (Å²) in [4.78, 5) is 41.5. The quantitative estimate of drug-likeness (QED) is 0.439. The van der Waals surface area contributed by atoms with Crippen LogP contribution in [0.1, 0.15) is 78.5 Å². The highest BCUT2D eigenvalue weighted by Crippen LogP contribution is 2.53. The summed E-state index contributed by atoms with van der Waals surface area (Å²) in [6.07, 6.45) is 1.66. The molecule has 3 aliphatic heterocycles. The summed E-state index contributed by atoms with van der Waals surface area (Å²) in [5.74, 6) is -1.50. The third-order valence-electron chi connectivity index (χ3n) is 7.98. The van der Waals surface area contributed by atoms with E-state index in [1.165, 1.54) is 4.90 Å². The summed E-state index contributed by atoms with van der Waals surface area (Å²) in [6, 6.07) is 6.44. The Hall–Kier alpha value is -2.46. The molecule has 35 heavy (non-hydrogen) atoms. The van der Waals surface area contributed by atoms with Gasteiger partial charge in [0.1, 0.15) is 5.72 Å². The second-order valence-corrected chi connectivity index (χ2v) is 10.1. The lowest BCUT2D eigenvalue weighted by Gasteiger charge is -2.46. The van der Waals surface area contributed by atoms with Gasteiger partial charge in [0.2, 0.25) is 0 Å². The van der Waals surface area contributed by atoms with E-state index in [2.05, 4.69) is 9.64 Å². The molecule has 3 heterocycles. The second-order valence-electron chi connectivity index (χ2n) is 10.1. The molecule has 7 nitrogen and oxygen atoms in total. The van der Waals surface area contributed by atoms with Crippen molar-refractivity contribution in [3.05, 3.63) is 35.4 Å². The molecule has 1 spiro atoms. The number of carbonyl (C=O) groups excluding carboxylic acids is 3. The molecular weight excluding hydrogens is 465 g/mol. The Morgan fingerprint density at radius 3 is 2.34 bits per heavy atom. The van der Waals surface area contributed by atoms with Gasteiger partial charge in [-0.25, -0.2) is 0 Å². The molecule has 10 heteroatoms. The van der Waals surface area contributed by atoms with E-state index in [1.54, 1.807) is 24.3 Å². The summed E-state index contributed by atoms with van der Waals surface area (Å²) in [6.45, 7) is -0.969. The Bertz CT molecular complexity index is 988. The summed E-state index contributed by atoms with van der Waals surface area (Å²) in [7, 11) is 0. The molecule has 0 radical (unpaired) electrons. The molecule has 5 rings (SSSR count). The molecule has 1 aliphatic carbocycles. The van der Waals surface area contributed by atoms with E-state index < -0.39 is 30.0 Å². The van der Waals surface area contributed by atoms with E-state index in [-0.39, 0.29) is 30.8 Å². The van der Waals surface area contributed by atoms with Crippen LogP contribution in [0.2, 0.25) is 0 Å². The Morgan fingerprint density at radius 1 is 1.06 bits per heavy atom. The molecule has 2 amide bonds. The number of hydrogen-bond acceptors (Lipinski definition) is 6. The number of rotatable bonds is 6. The number of ether oxygens (including phenoxy) is 2.